The summed E-state index contributed by atoms with van der Waals surface area (Å²) in [6.07, 6.45) is -0.565. The third kappa shape index (κ3) is 8.47. The van der Waals surface area contributed by atoms with E-state index < -0.39 is 12.7 Å². The van der Waals surface area contributed by atoms with Gasteiger partial charge in [0.25, 0.3) is 0 Å². The fourth-order valence-electron chi connectivity index (χ4n) is 3.17. The second kappa shape index (κ2) is 10.8. The monoisotopic (exact) mass is 405 g/mol. The molecule has 9 heteroatoms. The van der Waals surface area contributed by atoms with E-state index in [-0.39, 0.29) is 0 Å². The zero-order valence-electron chi connectivity index (χ0n) is 16.1. The SMILES string of the molecule is CCNC(=NCc1csc(CC)n1)NCCC1CCN(CC(F)(F)F)CC1. The normalized spacial score (nSPS) is 17.3. The molecule has 27 heavy (non-hydrogen) atoms. The number of aryl methyl sites for hydroxylation is 1. The third-order valence-corrected chi connectivity index (χ3v) is 5.64. The molecule has 1 saturated heterocycles. The third-order valence-electron chi connectivity index (χ3n) is 4.60. The van der Waals surface area contributed by atoms with E-state index in [1.54, 1.807) is 11.3 Å². The summed E-state index contributed by atoms with van der Waals surface area (Å²) >= 11 is 1.66. The van der Waals surface area contributed by atoms with Crippen LogP contribution in [0.1, 0.15) is 43.8 Å². The van der Waals surface area contributed by atoms with Crippen molar-refractivity contribution in [2.24, 2.45) is 10.9 Å². The van der Waals surface area contributed by atoms with E-state index in [4.69, 9.17) is 0 Å². The van der Waals surface area contributed by atoms with Crippen LogP contribution in [-0.2, 0) is 13.0 Å². The van der Waals surface area contributed by atoms with Crippen molar-refractivity contribution in [2.75, 3.05) is 32.7 Å². The van der Waals surface area contributed by atoms with Gasteiger partial charge < -0.3 is 10.6 Å². The molecule has 1 aliphatic rings. The minimum Gasteiger partial charge on any atom is -0.357 e. The molecule has 2 N–H and O–H groups in total. The second-order valence-electron chi connectivity index (χ2n) is 6.83. The smallest absolute Gasteiger partial charge is 0.357 e. The summed E-state index contributed by atoms with van der Waals surface area (Å²) in [5.41, 5.74) is 0.978. The standard InChI is InChI=1S/C18H30F3N5S/c1-3-16-25-15(12-27-16)11-24-17(22-4-2)23-8-5-14-6-9-26(10-7-14)13-18(19,20)21/h12,14H,3-11,13H2,1-2H3,(H2,22,23,24). The van der Waals surface area contributed by atoms with Gasteiger partial charge in [0, 0.05) is 18.5 Å². The van der Waals surface area contributed by atoms with E-state index >= 15 is 0 Å². The van der Waals surface area contributed by atoms with Gasteiger partial charge in [0.15, 0.2) is 5.96 Å². The number of halogens is 3. The van der Waals surface area contributed by atoms with Crippen LogP contribution < -0.4 is 10.6 Å². The summed E-state index contributed by atoms with van der Waals surface area (Å²) in [6, 6.07) is 0. The highest BCUT2D eigenvalue weighted by molar-refractivity contribution is 7.09. The average Bonchev–Trinajstić information content (AvgIpc) is 3.08. The first-order valence-corrected chi connectivity index (χ1v) is 10.5. The molecule has 1 fully saturated rings. The van der Waals surface area contributed by atoms with Gasteiger partial charge in [-0.1, -0.05) is 6.92 Å². The summed E-state index contributed by atoms with van der Waals surface area (Å²) in [5.74, 6) is 1.23. The first-order chi connectivity index (χ1) is 12.9. The number of likely N-dealkylation sites (tertiary alicyclic amines) is 1. The Morgan fingerprint density at radius 2 is 2.04 bits per heavy atom. The van der Waals surface area contributed by atoms with Gasteiger partial charge in [-0.3, -0.25) is 4.90 Å². The lowest BCUT2D eigenvalue weighted by atomic mass is 9.93. The minimum absolute atomic E-state index is 0.468. The Morgan fingerprint density at radius 1 is 1.30 bits per heavy atom. The van der Waals surface area contributed by atoms with E-state index in [2.05, 4.69) is 27.5 Å². The summed E-state index contributed by atoms with van der Waals surface area (Å²) in [4.78, 5) is 10.6. The van der Waals surface area contributed by atoms with Crippen molar-refractivity contribution in [3.8, 4) is 0 Å². The van der Waals surface area contributed by atoms with E-state index in [9.17, 15) is 13.2 Å². The van der Waals surface area contributed by atoms with Crippen molar-refractivity contribution in [1.29, 1.82) is 0 Å². The zero-order valence-corrected chi connectivity index (χ0v) is 16.9. The Kier molecular flexibility index (Phi) is 8.82. The summed E-state index contributed by atoms with van der Waals surface area (Å²) < 4.78 is 37.3. The number of guanidine groups is 1. The fourth-order valence-corrected chi connectivity index (χ4v) is 3.90. The molecule has 1 aromatic heterocycles. The molecule has 0 saturated carbocycles. The average molecular weight is 406 g/mol. The van der Waals surface area contributed by atoms with Crippen LogP contribution in [0.5, 0.6) is 0 Å². The molecule has 1 aromatic rings. The number of aliphatic imine (C=N–C) groups is 1. The first kappa shape index (κ1) is 21.9. The number of thiazole rings is 1. The van der Waals surface area contributed by atoms with Crippen LogP contribution in [0.3, 0.4) is 0 Å². The molecule has 2 heterocycles. The van der Waals surface area contributed by atoms with Gasteiger partial charge in [-0.2, -0.15) is 13.2 Å². The molecule has 0 radical (unpaired) electrons. The maximum absolute atomic E-state index is 12.4. The van der Waals surface area contributed by atoms with Crippen molar-refractivity contribution in [1.82, 2.24) is 20.5 Å². The number of rotatable bonds is 8. The Morgan fingerprint density at radius 3 is 2.63 bits per heavy atom. The molecule has 0 amide bonds. The van der Waals surface area contributed by atoms with Crippen molar-refractivity contribution in [3.63, 3.8) is 0 Å². The van der Waals surface area contributed by atoms with E-state index in [1.165, 1.54) is 4.90 Å². The molecule has 0 bridgehead atoms. The lowest BCUT2D eigenvalue weighted by molar-refractivity contribution is -0.148. The second-order valence-corrected chi connectivity index (χ2v) is 7.77. The molecule has 1 aliphatic heterocycles. The van der Waals surface area contributed by atoms with Crippen molar-refractivity contribution in [3.05, 3.63) is 16.1 Å². The largest absolute Gasteiger partial charge is 0.401 e. The molecule has 5 nitrogen and oxygen atoms in total. The quantitative estimate of drug-likeness (QED) is 0.514. The summed E-state index contributed by atoms with van der Waals surface area (Å²) in [6.45, 7) is 6.47. The summed E-state index contributed by atoms with van der Waals surface area (Å²) in [5, 5.41) is 9.72. The lowest BCUT2D eigenvalue weighted by Crippen LogP contribution is -2.41. The van der Waals surface area contributed by atoms with Crippen molar-refractivity contribution >= 4 is 17.3 Å². The lowest BCUT2D eigenvalue weighted by Gasteiger charge is -2.32. The van der Waals surface area contributed by atoms with Gasteiger partial charge in [0.1, 0.15) is 0 Å². The van der Waals surface area contributed by atoms with Gasteiger partial charge >= 0.3 is 6.18 Å². The van der Waals surface area contributed by atoms with Crippen LogP contribution in [0.15, 0.2) is 10.4 Å². The van der Waals surface area contributed by atoms with Crippen LogP contribution >= 0.6 is 11.3 Å². The molecule has 0 spiro atoms. The molecule has 0 atom stereocenters. The van der Waals surface area contributed by atoms with Gasteiger partial charge in [0.05, 0.1) is 23.8 Å². The molecule has 0 unspecified atom stereocenters. The van der Waals surface area contributed by atoms with Gasteiger partial charge in [-0.15, -0.1) is 11.3 Å². The predicted molar refractivity (Wildman–Crippen MR) is 104 cm³/mol. The van der Waals surface area contributed by atoms with Gasteiger partial charge in [0.2, 0.25) is 0 Å². The number of hydrogen-bond donors (Lipinski definition) is 2. The molecule has 2 rings (SSSR count). The molecule has 154 valence electrons. The van der Waals surface area contributed by atoms with Gasteiger partial charge in [-0.25, -0.2) is 9.98 Å². The number of nitrogens with one attached hydrogen (secondary N) is 2. The van der Waals surface area contributed by atoms with Crippen molar-refractivity contribution < 1.29 is 13.2 Å². The topological polar surface area (TPSA) is 52.6 Å². The maximum Gasteiger partial charge on any atom is 0.401 e. The number of alkyl halides is 3. The Labute approximate surface area is 163 Å². The van der Waals surface area contributed by atoms with E-state index in [1.807, 2.05) is 12.3 Å². The van der Waals surface area contributed by atoms with Crippen LogP contribution in [0.4, 0.5) is 13.2 Å². The Bertz CT molecular complexity index is 580. The molecular formula is C18H30F3N5S. The Balaban J connectivity index is 1.70. The molecular weight excluding hydrogens is 375 g/mol. The minimum atomic E-state index is -4.10. The highest BCUT2D eigenvalue weighted by Crippen LogP contribution is 2.23. The highest BCUT2D eigenvalue weighted by atomic mass is 32.1. The molecule has 0 aromatic carbocycles. The Hall–Kier alpha value is -1.35. The predicted octanol–water partition coefficient (Wildman–Crippen LogP) is 3.43. The van der Waals surface area contributed by atoms with E-state index in [0.717, 1.165) is 55.4 Å². The maximum atomic E-state index is 12.4. The van der Waals surface area contributed by atoms with Gasteiger partial charge in [-0.05, 0) is 51.6 Å². The van der Waals surface area contributed by atoms with Crippen LogP contribution in [0.2, 0.25) is 0 Å². The number of piperidine rings is 1. The zero-order chi connectivity index (χ0) is 19.7. The highest BCUT2D eigenvalue weighted by Gasteiger charge is 2.32. The fraction of sp³-hybridized carbons (Fsp3) is 0.778. The summed E-state index contributed by atoms with van der Waals surface area (Å²) in [7, 11) is 0. The number of hydrogen-bond acceptors (Lipinski definition) is 4. The number of aromatic nitrogens is 1. The van der Waals surface area contributed by atoms with Crippen molar-refractivity contribution in [2.45, 2.75) is 52.3 Å². The van der Waals surface area contributed by atoms with Crippen LogP contribution in [-0.4, -0.2) is 54.7 Å². The number of nitrogens with zero attached hydrogens (tertiary/aromatic N) is 3. The first-order valence-electron chi connectivity index (χ1n) is 9.64. The van der Waals surface area contributed by atoms with E-state index in [0.29, 0.717) is 25.6 Å². The molecule has 0 aliphatic carbocycles. The van der Waals surface area contributed by atoms with Crippen LogP contribution in [0.25, 0.3) is 0 Å². The van der Waals surface area contributed by atoms with Crippen LogP contribution in [0, 0.1) is 5.92 Å².